The van der Waals surface area contributed by atoms with Crippen LogP contribution in [0.15, 0.2) is 29.8 Å². The summed E-state index contributed by atoms with van der Waals surface area (Å²) in [6.07, 6.45) is 8.67. The van der Waals surface area contributed by atoms with E-state index >= 15 is 0 Å². The van der Waals surface area contributed by atoms with Gasteiger partial charge < -0.3 is 11.1 Å². The van der Waals surface area contributed by atoms with Gasteiger partial charge in [-0.15, -0.1) is 0 Å². The highest BCUT2D eigenvalue weighted by molar-refractivity contribution is 6.31. The third kappa shape index (κ3) is 3.67. The molecule has 0 heterocycles. The van der Waals surface area contributed by atoms with Gasteiger partial charge in [0, 0.05) is 11.6 Å². The number of allylic oxidation sites excluding steroid dienone is 1. The predicted molar refractivity (Wildman–Crippen MR) is 75.5 cm³/mol. The molecule has 1 aromatic rings. The molecule has 0 bridgehead atoms. The zero-order chi connectivity index (χ0) is 12.1. The standard InChI is InChI=1S/C14H19ClN2/c15-12-6-7-13(16)14(10-12)17-9-8-11-4-2-1-3-5-11/h4,6-7,10,17H,1-3,5,8-9,16H2. The van der Waals surface area contributed by atoms with Crippen LogP contribution in [0.2, 0.25) is 5.02 Å². The first kappa shape index (κ1) is 12.3. The molecule has 0 atom stereocenters. The molecular formula is C14H19ClN2. The highest BCUT2D eigenvalue weighted by Gasteiger charge is 2.04. The lowest BCUT2D eigenvalue weighted by molar-refractivity contribution is 0.679. The van der Waals surface area contributed by atoms with Gasteiger partial charge in [0.1, 0.15) is 0 Å². The number of anilines is 2. The smallest absolute Gasteiger partial charge is 0.0588 e. The molecular weight excluding hydrogens is 232 g/mol. The van der Waals surface area contributed by atoms with Crippen LogP contribution in [0.3, 0.4) is 0 Å². The first-order chi connectivity index (χ1) is 8.25. The number of nitrogen functional groups attached to an aromatic ring is 1. The zero-order valence-corrected chi connectivity index (χ0v) is 10.8. The van der Waals surface area contributed by atoms with Crippen LogP contribution >= 0.6 is 11.6 Å². The zero-order valence-electron chi connectivity index (χ0n) is 10.0. The van der Waals surface area contributed by atoms with Crippen molar-refractivity contribution in [3.63, 3.8) is 0 Å². The van der Waals surface area contributed by atoms with Gasteiger partial charge in [0.15, 0.2) is 0 Å². The SMILES string of the molecule is Nc1ccc(Cl)cc1NCCC1=CCCCC1. The lowest BCUT2D eigenvalue weighted by Crippen LogP contribution is -2.06. The fourth-order valence-corrected chi connectivity index (χ4v) is 2.34. The highest BCUT2D eigenvalue weighted by atomic mass is 35.5. The van der Waals surface area contributed by atoms with Crippen molar-refractivity contribution in [1.82, 2.24) is 0 Å². The summed E-state index contributed by atoms with van der Waals surface area (Å²) in [7, 11) is 0. The van der Waals surface area contributed by atoms with E-state index in [-0.39, 0.29) is 0 Å². The quantitative estimate of drug-likeness (QED) is 0.620. The lowest BCUT2D eigenvalue weighted by Gasteiger charge is -2.14. The van der Waals surface area contributed by atoms with Gasteiger partial charge in [0.2, 0.25) is 0 Å². The Kier molecular flexibility index (Phi) is 4.32. The summed E-state index contributed by atoms with van der Waals surface area (Å²) in [5.74, 6) is 0. The van der Waals surface area contributed by atoms with Crippen molar-refractivity contribution in [3.05, 3.63) is 34.9 Å². The van der Waals surface area contributed by atoms with Crippen LogP contribution in [-0.4, -0.2) is 6.54 Å². The Hall–Kier alpha value is -1.15. The summed E-state index contributed by atoms with van der Waals surface area (Å²) in [4.78, 5) is 0. The van der Waals surface area contributed by atoms with Crippen LogP contribution < -0.4 is 11.1 Å². The number of nitrogens with one attached hydrogen (secondary N) is 1. The molecule has 0 saturated heterocycles. The minimum Gasteiger partial charge on any atom is -0.397 e. The Labute approximate surface area is 108 Å². The van der Waals surface area contributed by atoms with Crippen LogP contribution in [0.25, 0.3) is 0 Å². The number of rotatable bonds is 4. The van der Waals surface area contributed by atoms with Crippen molar-refractivity contribution in [3.8, 4) is 0 Å². The Morgan fingerprint density at radius 3 is 2.94 bits per heavy atom. The molecule has 92 valence electrons. The topological polar surface area (TPSA) is 38.0 Å². The van der Waals surface area contributed by atoms with Gasteiger partial charge >= 0.3 is 0 Å². The van der Waals surface area contributed by atoms with E-state index in [1.54, 1.807) is 5.57 Å². The summed E-state index contributed by atoms with van der Waals surface area (Å²) >= 11 is 5.94. The number of nitrogens with two attached hydrogens (primary N) is 1. The van der Waals surface area contributed by atoms with Crippen molar-refractivity contribution >= 4 is 23.0 Å². The third-order valence-corrected chi connectivity index (χ3v) is 3.40. The van der Waals surface area contributed by atoms with Crippen molar-refractivity contribution < 1.29 is 0 Å². The van der Waals surface area contributed by atoms with Gasteiger partial charge in [0.25, 0.3) is 0 Å². The molecule has 0 amide bonds. The van der Waals surface area contributed by atoms with E-state index in [2.05, 4.69) is 11.4 Å². The van der Waals surface area contributed by atoms with Crippen molar-refractivity contribution in [2.75, 3.05) is 17.6 Å². The maximum absolute atomic E-state index is 5.94. The Morgan fingerprint density at radius 2 is 2.18 bits per heavy atom. The van der Waals surface area contributed by atoms with Crippen molar-refractivity contribution in [2.24, 2.45) is 0 Å². The average Bonchev–Trinajstić information content (AvgIpc) is 2.35. The Balaban J connectivity index is 1.85. The van der Waals surface area contributed by atoms with E-state index < -0.39 is 0 Å². The monoisotopic (exact) mass is 250 g/mol. The number of benzene rings is 1. The normalized spacial score (nSPS) is 15.5. The van der Waals surface area contributed by atoms with E-state index in [1.165, 1.54) is 25.7 Å². The molecule has 0 radical (unpaired) electrons. The van der Waals surface area contributed by atoms with Crippen molar-refractivity contribution in [2.45, 2.75) is 32.1 Å². The molecule has 0 saturated carbocycles. The second kappa shape index (κ2) is 5.97. The van der Waals surface area contributed by atoms with Crippen LogP contribution in [-0.2, 0) is 0 Å². The van der Waals surface area contributed by atoms with E-state index in [1.807, 2.05) is 18.2 Å². The molecule has 3 heteroatoms. The van der Waals surface area contributed by atoms with E-state index in [0.29, 0.717) is 0 Å². The summed E-state index contributed by atoms with van der Waals surface area (Å²) in [6.45, 7) is 0.927. The number of halogens is 1. The molecule has 0 aromatic heterocycles. The Morgan fingerprint density at radius 1 is 1.29 bits per heavy atom. The van der Waals surface area contributed by atoms with Gasteiger partial charge in [0.05, 0.1) is 11.4 Å². The largest absolute Gasteiger partial charge is 0.397 e. The molecule has 0 unspecified atom stereocenters. The van der Waals surface area contributed by atoms with Gasteiger partial charge in [-0.1, -0.05) is 23.3 Å². The number of hydrogen-bond donors (Lipinski definition) is 2. The van der Waals surface area contributed by atoms with Gasteiger partial charge in [-0.25, -0.2) is 0 Å². The van der Waals surface area contributed by atoms with Gasteiger partial charge in [-0.05, 0) is 50.3 Å². The van der Waals surface area contributed by atoms with E-state index in [9.17, 15) is 0 Å². The second-order valence-corrected chi connectivity index (χ2v) is 4.95. The van der Waals surface area contributed by atoms with Crippen LogP contribution in [0.4, 0.5) is 11.4 Å². The summed E-state index contributed by atoms with van der Waals surface area (Å²) < 4.78 is 0. The molecule has 0 spiro atoms. The maximum atomic E-state index is 5.94. The molecule has 2 nitrogen and oxygen atoms in total. The fourth-order valence-electron chi connectivity index (χ4n) is 2.17. The molecule has 17 heavy (non-hydrogen) atoms. The highest BCUT2D eigenvalue weighted by Crippen LogP contribution is 2.24. The minimum absolute atomic E-state index is 0.721. The average molecular weight is 251 g/mol. The molecule has 2 rings (SSSR count). The fraction of sp³-hybridized carbons (Fsp3) is 0.429. The van der Waals surface area contributed by atoms with Gasteiger partial charge in [-0.3, -0.25) is 0 Å². The summed E-state index contributed by atoms with van der Waals surface area (Å²) in [6, 6.07) is 5.53. The summed E-state index contributed by atoms with van der Waals surface area (Å²) in [5.41, 5.74) is 9.14. The van der Waals surface area contributed by atoms with Gasteiger partial charge in [-0.2, -0.15) is 0 Å². The van der Waals surface area contributed by atoms with Crippen LogP contribution in [0, 0.1) is 0 Å². The van der Waals surface area contributed by atoms with E-state index in [4.69, 9.17) is 17.3 Å². The Bertz CT molecular complexity index is 413. The van der Waals surface area contributed by atoms with Crippen molar-refractivity contribution in [1.29, 1.82) is 0 Å². The molecule has 1 aliphatic carbocycles. The van der Waals surface area contributed by atoms with E-state index in [0.717, 1.165) is 29.4 Å². The molecule has 1 aliphatic rings. The lowest BCUT2D eigenvalue weighted by atomic mass is 9.97. The first-order valence-electron chi connectivity index (χ1n) is 6.22. The van der Waals surface area contributed by atoms with Crippen LogP contribution in [0.5, 0.6) is 0 Å². The first-order valence-corrected chi connectivity index (χ1v) is 6.60. The third-order valence-electron chi connectivity index (χ3n) is 3.16. The summed E-state index contributed by atoms with van der Waals surface area (Å²) in [5, 5.41) is 4.07. The molecule has 1 aromatic carbocycles. The second-order valence-electron chi connectivity index (χ2n) is 4.52. The number of hydrogen-bond acceptors (Lipinski definition) is 2. The molecule has 0 aliphatic heterocycles. The predicted octanol–water partition coefficient (Wildman–Crippen LogP) is 4.22. The minimum atomic E-state index is 0.721. The maximum Gasteiger partial charge on any atom is 0.0588 e. The molecule has 0 fully saturated rings. The molecule has 3 N–H and O–H groups in total. The van der Waals surface area contributed by atoms with Crippen LogP contribution in [0.1, 0.15) is 32.1 Å².